The summed E-state index contributed by atoms with van der Waals surface area (Å²) in [7, 11) is 1.27. The Kier molecular flexibility index (Phi) is 5.59. The maximum absolute atomic E-state index is 12.2. The van der Waals surface area contributed by atoms with Crippen molar-refractivity contribution in [3.05, 3.63) is 28.8 Å². The number of nitrogens with one attached hydrogen (secondary N) is 1. The number of amides is 2. The van der Waals surface area contributed by atoms with Gasteiger partial charge in [0.2, 0.25) is 0 Å². The van der Waals surface area contributed by atoms with E-state index in [-0.39, 0.29) is 29.3 Å². The Labute approximate surface area is 132 Å². The first-order chi connectivity index (χ1) is 10.6. The van der Waals surface area contributed by atoms with Gasteiger partial charge in [0.05, 0.1) is 43.6 Å². The number of nitrogens with zero attached hydrogens (tertiary/aromatic N) is 1. The summed E-state index contributed by atoms with van der Waals surface area (Å²) in [5.74, 6) is -0.545. The topological polar surface area (TPSA) is 88.1 Å². The molecule has 1 aliphatic heterocycles. The van der Waals surface area contributed by atoms with Gasteiger partial charge >= 0.3 is 12.0 Å². The number of urea groups is 1. The number of hydrogen-bond donors (Lipinski definition) is 2. The maximum Gasteiger partial charge on any atom is 0.339 e. The second-order valence-electron chi connectivity index (χ2n) is 4.72. The lowest BCUT2D eigenvalue weighted by molar-refractivity contribution is -0.00485. The van der Waals surface area contributed by atoms with Crippen molar-refractivity contribution in [1.29, 1.82) is 0 Å². The van der Waals surface area contributed by atoms with Crippen molar-refractivity contribution in [2.75, 3.05) is 38.8 Å². The Hall–Kier alpha value is -1.83. The standard InChI is InChI=1S/C14H17ClN2O5/c1-21-13(19)11-3-2-9(6-12(11)15)16-14(20)17-4-5-22-8-10(17)7-18/h2-3,6,10,18H,4-5,7-8H2,1H3,(H,16,20)/t10-/m1/s1. The number of hydrogen-bond acceptors (Lipinski definition) is 5. The zero-order chi connectivity index (χ0) is 16.1. The number of anilines is 1. The van der Waals surface area contributed by atoms with Crippen LogP contribution < -0.4 is 5.32 Å². The van der Waals surface area contributed by atoms with E-state index in [2.05, 4.69) is 10.1 Å². The number of ether oxygens (including phenoxy) is 2. The van der Waals surface area contributed by atoms with Crippen LogP contribution in [0.3, 0.4) is 0 Å². The van der Waals surface area contributed by atoms with Crippen LogP contribution in [0.25, 0.3) is 0 Å². The molecular weight excluding hydrogens is 312 g/mol. The van der Waals surface area contributed by atoms with Crippen molar-refractivity contribution in [3.63, 3.8) is 0 Å². The third-order valence-electron chi connectivity index (χ3n) is 3.32. The second-order valence-corrected chi connectivity index (χ2v) is 5.13. The summed E-state index contributed by atoms with van der Waals surface area (Å²) in [5, 5.41) is 12.1. The summed E-state index contributed by atoms with van der Waals surface area (Å²) in [6.07, 6.45) is 0. The Morgan fingerprint density at radius 3 is 2.95 bits per heavy atom. The van der Waals surface area contributed by atoms with Crippen molar-refractivity contribution in [2.24, 2.45) is 0 Å². The molecule has 8 heteroatoms. The zero-order valence-corrected chi connectivity index (χ0v) is 12.8. The number of aliphatic hydroxyl groups excluding tert-OH is 1. The molecule has 0 unspecified atom stereocenters. The van der Waals surface area contributed by atoms with E-state index in [4.69, 9.17) is 16.3 Å². The molecule has 0 spiro atoms. The molecule has 1 atom stereocenters. The Morgan fingerprint density at radius 1 is 1.55 bits per heavy atom. The molecule has 0 radical (unpaired) electrons. The van der Waals surface area contributed by atoms with Crippen molar-refractivity contribution in [3.8, 4) is 0 Å². The smallest absolute Gasteiger partial charge is 0.339 e. The van der Waals surface area contributed by atoms with E-state index in [1.807, 2.05) is 0 Å². The van der Waals surface area contributed by atoms with Crippen molar-refractivity contribution >= 4 is 29.3 Å². The van der Waals surface area contributed by atoms with E-state index >= 15 is 0 Å². The predicted molar refractivity (Wildman–Crippen MR) is 80.2 cm³/mol. The lowest BCUT2D eigenvalue weighted by Gasteiger charge is -2.34. The van der Waals surface area contributed by atoms with Gasteiger partial charge in [0.15, 0.2) is 0 Å². The lowest BCUT2D eigenvalue weighted by Crippen LogP contribution is -2.52. The van der Waals surface area contributed by atoms with Crippen molar-refractivity contribution in [2.45, 2.75) is 6.04 Å². The summed E-state index contributed by atoms with van der Waals surface area (Å²) >= 11 is 6.00. The van der Waals surface area contributed by atoms with Crippen LogP contribution in [0.4, 0.5) is 10.5 Å². The second kappa shape index (κ2) is 7.44. The van der Waals surface area contributed by atoms with Gasteiger partial charge in [0.1, 0.15) is 0 Å². The molecule has 120 valence electrons. The molecule has 0 saturated carbocycles. The fourth-order valence-corrected chi connectivity index (χ4v) is 2.39. The molecule has 7 nitrogen and oxygen atoms in total. The van der Waals surface area contributed by atoms with Gasteiger partial charge in [-0.3, -0.25) is 0 Å². The summed E-state index contributed by atoms with van der Waals surface area (Å²) in [6, 6.07) is 3.78. The van der Waals surface area contributed by atoms with Gasteiger partial charge in [-0.1, -0.05) is 11.6 Å². The molecule has 0 aliphatic carbocycles. The molecule has 22 heavy (non-hydrogen) atoms. The molecule has 1 saturated heterocycles. The Morgan fingerprint density at radius 2 is 2.32 bits per heavy atom. The van der Waals surface area contributed by atoms with Crippen LogP contribution in [0.15, 0.2) is 18.2 Å². The predicted octanol–water partition coefficient (Wildman–Crippen LogP) is 1.35. The monoisotopic (exact) mass is 328 g/mol. The van der Waals surface area contributed by atoms with Crippen LogP contribution in [0.2, 0.25) is 5.02 Å². The van der Waals surface area contributed by atoms with Gasteiger partial charge in [-0.15, -0.1) is 0 Å². The Balaban J connectivity index is 2.08. The normalized spacial score (nSPS) is 18.0. The molecule has 1 fully saturated rings. The highest BCUT2D eigenvalue weighted by atomic mass is 35.5. The average molecular weight is 329 g/mol. The molecule has 0 bridgehead atoms. The first-order valence-electron chi connectivity index (χ1n) is 6.71. The van der Waals surface area contributed by atoms with E-state index < -0.39 is 5.97 Å². The number of benzene rings is 1. The zero-order valence-electron chi connectivity index (χ0n) is 12.0. The van der Waals surface area contributed by atoms with E-state index in [9.17, 15) is 14.7 Å². The largest absolute Gasteiger partial charge is 0.465 e. The minimum atomic E-state index is -0.545. The number of morpholine rings is 1. The SMILES string of the molecule is COC(=O)c1ccc(NC(=O)N2CCOC[C@H]2CO)cc1Cl. The van der Waals surface area contributed by atoms with Gasteiger partial charge in [0.25, 0.3) is 0 Å². The third-order valence-corrected chi connectivity index (χ3v) is 3.64. The van der Waals surface area contributed by atoms with Crippen LogP contribution in [-0.4, -0.2) is 61.5 Å². The van der Waals surface area contributed by atoms with Gasteiger partial charge in [-0.25, -0.2) is 9.59 Å². The molecule has 2 amide bonds. The van der Waals surface area contributed by atoms with Crippen molar-refractivity contribution in [1.82, 2.24) is 4.90 Å². The van der Waals surface area contributed by atoms with E-state index in [1.165, 1.54) is 24.1 Å². The summed E-state index contributed by atoms with van der Waals surface area (Å²) in [5.41, 5.74) is 0.674. The van der Waals surface area contributed by atoms with Crippen molar-refractivity contribution < 1.29 is 24.2 Å². The van der Waals surface area contributed by atoms with Gasteiger partial charge in [-0.2, -0.15) is 0 Å². The van der Waals surface area contributed by atoms with Gasteiger partial charge in [-0.05, 0) is 18.2 Å². The van der Waals surface area contributed by atoms with Crippen LogP contribution in [0.5, 0.6) is 0 Å². The molecule has 2 N–H and O–H groups in total. The number of esters is 1. The highest BCUT2D eigenvalue weighted by molar-refractivity contribution is 6.33. The van der Waals surface area contributed by atoms with Gasteiger partial charge < -0.3 is 24.8 Å². The summed E-state index contributed by atoms with van der Waals surface area (Å²) in [6.45, 7) is 0.943. The van der Waals surface area contributed by atoms with E-state index in [1.54, 1.807) is 6.07 Å². The molecule has 1 aliphatic rings. The van der Waals surface area contributed by atoms with Crippen LogP contribution >= 0.6 is 11.6 Å². The first-order valence-corrected chi connectivity index (χ1v) is 7.08. The summed E-state index contributed by atoms with van der Waals surface area (Å²) < 4.78 is 9.82. The number of rotatable bonds is 3. The van der Waals surface area contributed by atoms with E-state index in [0.717, 1.165) is 0 Å². The number of aliphatic hydroxyl groups is 1. The number of halogens is 1. The highest BCUT2D eigenvalue weighted by Crippen LogP contribution is 2.22. The number of carbonyl (C=O) groups excluding carboxylic acids is 2. The third kappa shape index (κ3) is 3.68. The van der Waals surface area contributed by atoms with E-state index in [0.29, 0.717) is 25.4 Å². The fraction of sp³-hybridized carbons (Fsp3) is 0.429. The molecule has 1 aromatic carbocycles. The van der Waals surface area contributed by atoms with Crippen LogP contribution in [0, 0.1) is 0 Å². The fourth-order valence-electron chi connectivity index (χ4n) is 2.14. The molecular formula is C14H17ClN2O5. The number of methoxy groups -OCH3 is 1. The quantitative estimate of drug-likeness (QED) is 0.818. The lowest BCUT2D eigenvalue weighted by atomic mass is 10.2. The van der Waals surface area contributed by atoms with Crippen LogP contribution in [-0.2, 0) is 9.47 Å². The highest BCUT2D eigenvalue weighted by Gasteiger charge is 2.26. The minimum Gasteiger partial charge on any atom is -0.465 e. The summed E-state index contributed by atoms with van der Waals surface area (Å²) in [4.78, 5) is 25.2. The average Bonchev–Trinajstić information content (AvgIpc) is 2.54. The van der Waals surface area contributed by atoms with Gasteiger partial charge in [0, 0.05) is 12.2 Å². The minimum absolute atomic E-state index is 0.171. The molecule has 1 aromatic rings. The molecule has 1 heterocycles. The first kappa shape index (κ1) is 16.5. The number of carbonyl (C=O) groups is 2. The molecule has 2 rings (SSSR count). The Bertz CT molecular complexity index is 566. The molecule has 0 aromatic heterocycles. The maximum atomic E-state index is 12.2. The van der Waals surface area contributed by atoms with Crippen LogP contribution in [0.1, 0.15) is 10.4 Å².